The molecule has 0 aromatic carbocycles. The van der Waals surface area contributed by atoms with Crippen LogP contribution >= 0.6 is 0 Å². The summed E-state index contributed by atoms with van der Waals surface area (Å²) in [5, 5.41) is 10.5. The summed E-state index contributed by atoms with van der Waals surface area (Å²) in [6.07, 6.45) is 9.39. The third-order valence-corrected chi connectivity index (χ3v) is 6.58. The minimum atomic E-state index is -3.33. The van der Waals surface area contributed by atoms with Crippen LogP contribution in [0.25, 0.3) is 0 Å². The van der Waals surface area contributed by atoms with Gasteiger partial charge in [0.1, 0.15) is 10.7 Å². The summed E-state index contributed by atoms with van der Waals surface area (Å²) in [5.74, 6) is 1.29. The Morgan fingerprint density at radius 1 is 1.20 bits per heavy atom. The average molecular weight is 362 g/mol. The molecule has 0 amide bonds. The largest absolute Gasteiger partial charge is 0.391 e. The highest BCUT2D eigenvalue weighted by Gasteiger charge is 2.43. The molecule has 2 aromatic heterocycles. The molecule has 2 aliphatic rings. The lowest BCUT2D eigenvalue weighted by atomic mass is 9.77. The van der Waals surface area contributed by atoms with Gasteiger partial charge in [-0.15, -0.1) is 0 Å². The number of hydrogen-bond acceptors (Lipinski definition) is 6. The first-order valence-electron chi connectivity index (χ1n) is 8.49. The predicted molar refractivity (Wildman–Crippen MR) is 93.0 cm³/mol. The summed E-state index contributed by atoms with van der Waals surface area (Å²) in [5.41, 5.74) is 0. The van der Waals surface area contributed by atoms with Crippen LogP contribution in [0.3, 0.4) is 0 Å². The van der Waals surface area contributed by atoms with Crippen molar-refractivity contribution in [3.8, 4) is 0 Å². The van der Waals surface area contributed by atoms with Gasteiger partial charge in [0.25, 0.3) is 0 Å². The highest BCUT2D eigenvalue weighted by molar-refractivity contribution is 7.90. The molecule has 1 saturated heterocycles. The molecule has 8 heteroatoms. The summed E-state index contributed by atoms with van der Waals surface area (Å²) in [7, 11) is -3.33. The zero-order valence-corrected chi connectivity index (χ0v) is 14.9. The van der Waals surface area contributed by atoms with Crippen molar-refractivity contribution >= 4 is 15.7 Å². The lowest BCUT2D eigenvalue weighted by Crippen LogP contribution is -2.35. The van der Waals surface area contributed by atoms with Crippen LogP contribution in [-0.4, -0.2) is 53.5 Å². The third kappa shape index (κ3) is 3.04. The number of nitrogens with zero attached hydrogens (tertiary/aromatic N) is 4. The van der Waals surface area contributed by atoms with Crippen LogP contribution < -0.4 is 4.90 Å². The highest BCUT2D eigenvalue weighted by atomic mass is 32.2. The second kappa shape index (κ2) is 6.10. The molecule has 0 spiro atoms. The lowest BCUT2D eigenvalue weighted by molar-refractivity contribution is 0.0358. The Morgan fingerprint density at radius 3 is 2.64 bits per heavy atom. The number of aromatic nitrogens is 3. The van der Waals surface area contributed by atoms with Gasteiger partial charge in [0.15, 0.2) is 9.84 Å². The number of pyridine rings is 1. The second-order valence-corrected chi connectivity index (χ2v) is 9.12. The number of sulfone groups is 1. The number of aliphatic hydroxyl groups is 1. The van der Waals surface area contributed by atoms with Crippen LogP contribution in [0.5, 0.6) is 0 Å². The van der Waals surface area contributed by atoms with Crippen LogP contribution in [0.1, 0.15) is 18.9 Å². The molecule has 0 bridgehead atoms. The van der Waals surface area contributed by atoms with Gasteiger partial charge in [-0.1, -0.05) is 0 Å². The van der Waals surface area contributed by atoms with Crippen LogP contribution in [0.15, 0.2) is 41.9 Å². The molecule has 0 unspecified atom stereocenters. The Morgan fingerprint density at radius 2 is 1.96 bits per heavy atom. The maximum Gasteiger partial charge on any atom is 0.179 e. The van der Waals surface area contributed by atoms with E-state index in [1.54, 1.807) is 30.9 Å². The fourth-order valence-corrected chi connectivity index (χ4v) is 5.11. The van der Waals surface area contributed by atoms with Crippen molar-refractivity contribution < 1.29 is 13.5 Å². The van der Waals surface area contributed by atoms with Gasteiger partial charge in [0.2, 0.25) is 0 Å². The molecular weight excluding hydrogens is 340 g/mol. The van der Waals surface area contributed by atoms with E-state index in [0.717, 1.165) is 19.5 Å². The molecule has 1 N–H and O–H groups in total. The maximum absolute atomic E-state index is 12.1. The van der Waals surface area contributed by atoms with E-state index in [9.17, 15) is 13.5 Å². The summed E-state index contributed by atoms with van der Waals surface area (Å²) >= 11 is 0. The summed E-state index contributed by atoms with van der Waals surface area (Å²) in [4.78, 5) is 10.8. The fraction of sp³-hybridized carbons (Fsp3) is 0.529. The number of imidazole rings is 1. The van der Waals surface area contributed by atoms with E-state index in [0.29, 0.717) is 24.1 Å². The van der Waals surface area contributed by atoms with Crippen molar-refractivity contribution in [1.29, 1.82) is 0 Å². The molecule has 1 saturated carbocycles. The number of anilines is 1. The minimum Gasteiger partial charge on any atom is -0.391 e. The van der Waals surface area contributed by atoms with Gasteiger partial charge >= 0.3 is 0 Å². The summed E-state index contributed by atoms with van der Waals surface area (Å²) in [6, 6.07) is 3.30. The minimum absolute atomic E-state index is 0.0295. The zero-order valence-electron chi connectivity index (χ0n) is 14.1. The molecule has 25 heavy (non-hydrogen) atoms. The van der Waals surface area contributed by atoms with Gasteiger partial charge in [-0.2, -0.15) is 0 Å². The number of hydrogen-bond donors (Lipinski definition) is 1. The molecule has 2 aromatic rings. The van der Waals surface area contributed by atoms with Crippen molar-refractivity contribution in [2.24, 2.45) is 11.8 Å². The van der Waals surface area contributed by atoms with Crippen LogP contribution in [-0.2, 0) is 9.84 Å². The molecule has 7 nitrogen and oxygen atoms in total. The molecule has 0 radical (unpaired) electrons. The molecule has 1 aliphatic carbocycles. The van der Waals surface area contributed by atoms with Crippen molar-refractivity contribution in [2.75, 3.05) is 24.2 Å². The molecule has 2 fully saturated rings. The van der Waals surface area contributed by atoms with E-state index in [4.69, 9.17) is 0 Å². The van der Waals surface area contributed by atoms with Crippen LogP contribution in [0, 0.1) is 11.8 Å². The molecule has 1 aliphatic heterocycles. The van der Waals surface area contributed by atoms with Gasteiger partial charge in [0, 0.05) is 37.9 Å². The Labute approximate surface area is 147 Å². The van der Waals surface area contributed by atoms with Gasteiger partial charge in [0.05, 0.1) is 18.5 Å². The van der Waals surface area contributed by atoms with Crippen molar-refractivity contribution in [3.05, 3.63) is 37.1 Å². The van der Waals surface area contributed by atoms with E-state index < -0.39 is 15.9 Å². The first kappa shape index (κ1) is 16.5. The lowest BCUT2D eigenvalue weighted by Gasteiger charge is -2.35. The van der Waals surface area contributed by atoms with Crippen molar-refractivity contribution in [2.45, 2.75) is 29.9 Å². The van der Waals surface area contributed by atoms with Gasteiger partial charge < -0.3 is 14.6 Å². The fourth-order valence-electron chi connectivity index (χ4n) is 4.28. The number of rotatable bonds is 3. The second-order valence-electron chi connectivity index (χ2n) is 7.14. The monoisotopic (exact) mass is 362 g/mol. The molecule has 3 heterocycles. The SMILES string of the molecule is CS(=O)(=O)c1cccnc1N1C[C@H]2C[C@@H](n3ccnc3)[C@H](O)C[C@H]2C1. The number of aliphatic hydroxyl groups excluding tert-OH is 1. The summed E-state index contributed by atoms with van der Waals surface area (Å²) in [6.45, 7) is 1.50. The predicted octanol–water partition coefficient (Wildman–Crippen LogP) is 1.13. The third-order valence-electron chi connectivity index (χ3n) is 5.47. The zero-order chi connectivity index (χ0) is 17.6. The van der Waals surface area contributed by atoms with Gasteiger partial charge in [-0.3, -0.25) is 0 Å². The Balaban J connectivity index is 1.58. The Bertz CT molecular complexity index is 853. The highest BCUT2D eigenvalue weighted by Crippen LogP contribution is 2.42. The Hall–Kier alpha value is -1.93. The molecular formula is C17H22N4O3S. The first-order valence-corrected chi connectivity index (χ1v) is 10.4. The normalized spacial score (nSPS) is 29.6. The number of fused-ring (bicyclic) bond motifs is 1. The van der Waals surface area contributed by atoms with Crippen LogP contribution in [0.2, 0.25) is 0 Å². The Kier molecular flexibility index (Phi) is 4.04. The quantitative estimate of drug-likeness (QED) is 0.881. The summed E-state index contributed by atoms with van der Waals surface area (Å²) < 4.78 is 26.1. The first-order chi connectivity index (χ1) is 11.9. The molecule has 4 atom stereocenters. The van der Waals surface area contributed by atoms with E-state index in [1.807, 2.05) is 10.8 Å². The van der Waals surface area contributed by atoms with Crippen LogP contribution in [0.4, 0.5) is 5.82 Å². The van der Waals surface area contributed by atoms with E-state index in [-0.39, 0.29) is 10.9 Å². The average Bonchev–Trinajstić information content (AvgIpc) is 3.22. The molecule has 134 valence electrons. The van der Waals surface area contributed by atoms with E-state index in [1.165, 1.54) is 6.26 Å². The van der Waals surface area contributed by atoms with Crippen molar-refractivity contribution in [1.82, 2.24) is 14.5 Å². The smallest absolute Gasteiger partial charge is 0.179 e. The maximum atomic E-state index is 12.1. The van der Waals surface area contributed by atoms with Crippen molar-refractivity contribution in [3.63, 3.8) is 0 Å². The van der Waals surface area contributed by atoms with Gasteiger partial charge in [-0.05, 0) is 36.8 Å². The van der Waals surface area contributed by atoms with Gasteiger partial charge in [-0.25, -0.2) is 18.4 Å². The van der Waals surface area contributed by atoms with E-state index >= 15 is 0 Å². The van der Waals surface area contributed by atoms with E-state index in [2.05, 4.69) is 14.9 Å². The molecule has 4 rings (SSSR count). The standard InChI is InChI=1S/C17H22N4O3S/c1-25(23,24)16-3-2-4-19-17(16)21-9-12-7-14(20-6-5-18-11-20)15(22)8-13(12)10-21/h2-6,11-15,22H,7-10H2,1H3/t12-,13+,14-,15-/m1/s1. The topological polar surface area (TPSA) is 88.3 Å².